The highest BCUT2D eigenvalue weighted by molar-refractivity contribution is 7.89. The van der Waals surface area contributed by atoms with E-state index < -0.39 is 51.2 Å². The zero-order valence-electron chi connectivity index (χ0n) is 25.3. The molecule has 0 aliphatic carbocycles. The summed E-state index contributed by atoms with van der Waals surface area (Å²) >= 11 is 0. The maximum Gasteiger partial charge on any atom is 0.327 e. The number of carbonyl (C=O) groups excluding carboxylic acids is 3. The number of aromatic nitrogens is 1. The summed E-state index contributed by atoms with van der Waals surface area (Å²) in [4.78, 5) is 47.4. The van der Waals surface area contributed by atoms with E-state index in [2.05, 4.69) is 10.3 Å². The Labute approximate surface area is 270 Å². The number of furan rings is 1. The van der Waals surface area contributed by atoms with Crippen LogP contribution in [0.5, 0.6) is 0 Å². The average Bonchev–Trinajstić information content (AvgIpc) is 3.92. The fourth-order valence-corrected chi connectivity index (χ4v) is 8.97. The van der Waals surface area contributed by atoms with Crippen LogP contribution >= 0.6 is 0 Å². The monoisotopic (exact) mass is 650 g/mol. The number of carbonyl (C=O) groups is 3. The molecule has 238 valence electrons. The summed E-state index contributed by atoms with van der Waals surface area (Å²) in [6.45, 7) is 0.257. The molecule has 3 aliphatic rings. The number of ether oxygens (including phenoxy) is 1. The number of esters is 1. The molecule has 5 heterocycles. The van der Waals surface area contributed by atoms with Gasteiger partial charge in [-0.15, -0.1) is 0 Å². The second-order valence-electron chi connectivity index (χ2n) is 12.2. The first-order valence-electron chi connectivity index (χ1n) is 15.2. The highest BCUT2D eigenvalue weighted by Crippen LogP contribution is 2.52. The van der Waals surface area contributed by atoms with Gasteiger partial charge < -0.3 is 14.1 Å². The van der Waals surface area contributed by atoms with Gasteiger partial charge in [-0.25, -0.2) is 13.3 Å². The van der Waals surface area contributed by atoms with Crippen LogP contribution < -0.4 is 10.2 Å². The maximum absolute atomic E-state index is 14.6. The van der Waals surface area contributed by atoms with Gasteiger partial charge in [0.25, 0.3) is 0 Å². The lowest BCUT2D eigenvalue weighted by Crippen LogP contribution is -2.57. The number of fused-ring (bicyclic) bond motifs is 3. The van der Waals surface area contributed by atoms with E-state index in [1.807, 2.05) is 24.3 Å². The summed E-state index contributed by atoms with van der Waals surface area (Å²) in [5, 5.41) is 4.24. The molecule has 5 aromatic rings. The Kier molecular flexibility index (Phi) is 6.72. The predicted molar refractivity (Wildman–Crippen MR) is 170 cm³/mol. The number of benzene rings is 3. The first kappa shape index (κ1) is 29.4. The number of nitrogens with one attached hydrogen (secondary N) is 2. The molecule has 2 aromatic heterocycles. The molecule has 0 spiro atoms. The Morgan fingerprint density at radius 2 is 1.72 bits per heavy atom. The zero-order valence-corrected chi connectivity index (χ0v) is 26.1. The molecule has 4 atom stereocenters. The Morgan fingerprint density at radius 1 is 0.957 bits per heavy atom. The van der Waals surface area contributed by atoms with Gasteiger partial charge >= 0.3 is 5.97 Å². The van der Waals surface area contributed by atoms with Crippen LogP contribution in [0.15, 0.2) is 107 Å². The molecule has 0 saturated carbocycles. The lowest BCUT2D eigenvalue weighted by atomic mass is 9.76. The van der Waals surface area contributed by atoms with E-state index in [0.29, 0.717) is 17.0 Å². The quantitative estimate of drug-likeness (QED) is 0.198. The summed E-state index contributed by atoms with van der Waals surface area (Å²) in [6, 6.07) is 23.6. The minimum atomic E-state index is -3.76. The molecule has 2 N–H and O–H groups in total. The number of H-pyrrole nitrogens is 1. The Bertz CT molecular complexity index is 2160. The largest absolute Gasteiger partial charge is 0.468 e. The minimum Gasteiger partial charge on any atom is -0.468 e. The van der Waals surface area contributed by atoms with E-state index in [1.54, 1.807) is 66.9 Å². The van der Waals surface area contributed by atoms with E-state index in [9.17, 15) is 22.8 Å². The molecule has 11 nitrogen and oxygen atoms in total. The number of imide groups is 1. The molecule has 0 unspecified atom stereocenters. The van der Waals surface area contributed by atoms with Crippen LogP contribution in [0.3, 0.4) is 0 Å². The van der Waals surface area contributed by atoms with Crippen LogP contribution in [-0.4, -0.2) is 48.1 Å². The molecular weight excluding hydrogens is 620 g/mol. The van der Waals surface area contributed by atoms with Crippen molar-refractivity contribution in [1.29, 1.82) is 0 Å². The minimum absolute atomic E-state index is 0.0748. The van der Waals surface area contributed by atoms with E-state index >= 15 is 0 Å². The third kappa shape index (κ3) is 4.39. The van der Waals surface area contributed by atoms with Crippen LogP contribution in [0, 0.1) is 11.8 Å². The van der Waals surface area contributed by atoms with Gasteiger partial charge in [0, 0.05) is 36.6 Å². The van der Waals surface area contributed by atoms with Crippen LogP contribution in [0.2, 0.25) is 0 Å². The molecule has 3 aliphatic heterocycles. The number of methoxy groups -OCH3 is 1. The maximum atomic E-state index is 14.6. The molecule has 8 rings (SSSR count). The lowest BCUT2D eigenvalue weighted by molar-refractivity contribution is -0.152. The molecule has 47 heavy (non-hydrogen) atoms. The standard InChI is InChI=1S/C35H30N4O7S/c1-45-34(42)35(17-23-18-36-27-11-6-5-10-26(23)27)30-29(31(37-35)28-12-7-15-46-28)32(40)39(33(30)41)24-14-13-21-19-38(20-22(21)16-24)47(43,44)25-8-3-2-4-9-25/h2-16,18,29-31,36-37H,17,19-20H2,1H3/t29-,30-,31-,35+/m0/s1. The number of hydrogen-bond acceptors (Lipinski definition) is 8. The number of hydrogen-bond donors (Lipinski definition) is 2. The van der Waals surface area contributed by atoms with Gasteiger partial charge in [-0.1, -0.05) is 42.5 Å². The number of aromatic amines is 1. The lowest BCUT2D eigenvalue weighted by Gasteiger charge is -2.32. The highest BCUT2D eigenvalue weighted by atomic mass is 32.2. The highest BCUT2D eigenvalue weighted by Gasteiger charge is 2.69. The van der Waals surface area contributed by atoms with Crippen molar-refractivity contribution in [2.75, 3.05) is 12.0 Å². The second-order valence-corrected chi connectivity index (χ2v) is 14.1. The molecular formula is C35H30N4O7S. The van der Waals surface area contributed by atoms with Gasteiger partial charge in [0.15, 0.2) is 0 Å². The fourth-order valence-electron chi connectivity index (χ4n) is 7.55. The first-order chi connectivity index (χ1) is 22.7. The van der Waals surface area contributed by atoms with Gasteiger partial charge in [-0.3, -0.25) is 19.7 Å². The summed E-state index contributed by atoms with van der Waals surface area (Å²) in [7, 11) is -2.49. The Morgan fingerprint density at radius 3 is 2.49 bits per heavy atom. The van der Waals surface area contributed by atoms with Crippen molar-refractivity contribution in [1.82, 2.24) is 14.6 Å². The summed E-state index contributed by atoms with van der Waals surface area (Å²) in [6.07, 6.45) is 3.37. The van der Waals surface area contributed by atoms with Crippen LogP contribution in [0.25, 0.3) is 10.9 Å². The van der Waals surface area contributed by atoms with Crippen molar-refractivity contribution in [3.63, 3.8) is 0 Å². The van der Waals surface area contributed by atoms with Crippen molar-refractivity contribution in [2.45, 2.75) is 36.0 Å². The van der Waals surface area contributed by atoms with E-state index in [1.165, 1.54) is 17.7 Å². The zero-order chi connectivity index (χ0) is 32.5. The van der Waals surface area contributed by atoms with E-state index in [4.69, 9.17) is 9.15 Å². The van der Waals surface area contributed by atoms with Crippen molar-refractivity contribution >= 4 is 44.4 Å². The van der Waals surface area contributed by atoms with Gasteiger partial charge in [0.1, 0.15) is 11.3 Å². The van der Waals surface area contributed by atoms with Crippen molar-refractivity contribution in [3.05, 3.63) is 120 Å². The summed E-state index contributed by atoms with van der Waals surface area (Å²) in [5.41, 5.74) is 1.85. The van der Waals surface area contributed by atoms with Gasteiger partial charge in [0.2, 0.25) is 21.8 Å². The average molecular weight is 651 g/mol. The number of nitrogens with zero attached hydrogens (tertiary/aromatic N) is 2. The number of rotatable bonds is 7. The van der Waals surface area contributed by atoms with Gasteiger partial charge in [0.05, 0.1) is 41.8 Å². The number of anilines is 1. The van der Waals surface area contributed by atoms with Crippen molar-refractivity contribution in [3.8, 4) is 0 Å². The summed E-state index contributed by atoms with van der Waals surface area (Å²) in [5.74, 6) is -3.35. The van der Waals surface area contributed by atoms with Crippen molar-refractivity contribution in [2.24, 2.45) is 11.8 Å². The van der Waals surface area contributed by atoms with E-state index in [0.717, 1.165) is 26.9 Å². The number of amides is 2. The molecule has 0 radical (unpaired) electrons. The van der Waals surface area contributed by atoms with Crippen LogP contribution in [-0.2, 0) is 48.7 Å². The normalized spacial score (nSPS) is 24.2. The van der Waals surface area contributed by atoms with Crippen LogP contribution in [0.1, 0.15) is 28.5 Å². The van der Waals surface area contributed by atoms with Gasteiger partial charge in [-0.05, 0) is 59.2 Å². The fraction of sp³-hybridized carbons (Fsp3) is 0.229. The Hall–Kier alpha value is -5.04. The van der Waals surface area contributed by atoms with Gasteiger partial charge in [-0.2, -0.15) is 4.31 Å². The number of sulfonamides is 1. The SMILES string of the molecule is COC(=O)[C@]1(Cc2c[nH]c3ccccc23)N[C@@H](c2ccco2)[C@H]2C(=O)N(c3ccc4c(c3)CN(S(=O)(=O)c3ccccc3)C4)C(=O)[C@H]21. The predicted octanol–water partition coefficient (Wildman–Crippen LogP) is 4.07. The second kappa shape index (κ2) is 10.8. The molecule has 2 fully saturated rings. The molecule has 0 bridgehead atoms. The molecule has 2 amide bonds. The van der Waals surface area contributed by atoms with Crippen LogP contribution in [0.4, 0.5) is 5.69 Å². The molecule has 3 aromatic carbocycles. The molecule has 2 saturated heterocycles. The third-order valence-electron chi connectivity index (χ3n) is 9.72. The van der Waals surface area contributed by atoms with E-state index in [-0.39, 0.29) is 24.4 Å². The number of para-hydroxylation sites is 1. The topological polar surface area (TPSA) is 142 Å². The van der Waals surface area contributed by atoms with Crippen molar-refractivity contribution < 1.29 is 32.0 Å². The first-order valence-corrected chi connectivity index (χ1v) is 16.7. The third-order valence-corrected chi connectivity index (χ3v) is 11.5. The molecule has 12 heteroatoms. The smallest absolute Gasteiger partial charge is 0.327 e. The Balaban J connectivity index is 1.18. The summed E-state index contributed by atoms with van der Waals surface area (Å²) < 4.78 is 39.2.